The summed E-state index contributed by atoms with van der Waals surface area (Å²) in [4.78, 5) is 10.3. The van der Waals surface area contributed by atoms with Crippen molar-refractivity contribution in [3.8, 4) is 0 Å². The van der Waals surface area contributed by atoms with Crippen LogP contribution in [0.5, 0.6) is 0 Å². The summed E-state index contributed by atoms with van der Waals surface area (Å²) < 4.78 is 0. The number of hydrogen-bond donors (Lipinski definition) is 3. The van der Waals surface area contributed by atoms with Crippen molar-refractivity contribution in [3.05, 3.63) is 0 Å². The van der Waals surface area contributed by atoms with E-state index in [9.17, 15) is 4.79 Å². The van der Waals surface area contributed by atoms with Crippen molar-refractivity contribution in [1.29, 1.82) is 0 Å². The topological polar surface area (TPSA) is 72.8 Å². The van der Waals surface area contributed by atoms with E-state index in [4.69, 9.17) is 10.3 Å². The minimum atomic E-state index is -1.27. The molecule has 0 aliphatic carbocycles. The number of hydroxylamine groups is 2. The van der Waals surface area contributed by atoms with E-state index >= 15 is 0 Å². The number of piperidine rings is 1. The van der Waals surface area contributed by atoms with Gasteiger partial charge in [-0.15, -0.1) is 0 Å². The molecule has 1 aliphatic heterocycles. The Morgan fingerprint density at radius 1 is 1.45 bits per heavy atom. The lowest BCUT2D eigenvalue weighted by Crippen LogP contribution is -2.43. The van der Waals surface area contributed by atoms with E-state index < -0.39 is 6.09 Å². The van der Waals surface area contributed by atoms with Crippen LogP contribution >= 0.6 is 0 Å². The highest BCUT2D eigenvalue weighted by Crippen LogP contribution is 2.08. The third kappa shape index (κ3) is 2.06. The van der Waals surface area contributed by atoms with Crippen LogP contribution in [-0.2, 0) is 0 Å². The predicted molar refractivity (Wildman–Crippen MR) is 37.5 cm³/mol. The second-order valence-corrected chi connectivity index (χ2v) is 2.61. The monoisotopic (exact) mass is 160 g/mol. The van der Waals surface area contributed by atoms with Crippen LogP contribution in [0.15, 0.2) is 0 Å². The molecular weight excluding hydrogens is 148 g/mol. The number of nitrogens with one attached hydrogen (secondary N) is 1. The van der Waals surface area contributed by atoms with Crippen LogP contribution in [-0.4, -0.2) is 40.6 Å². The molecule has 0 unspecified atom stereocenters. The molecule has 0 radical (unpaired) electrons. The molecule has 11 heavy (non-hydrogen) atoms. The minimum absolute atomic E-state index is 0.228. The molecule has 0 saturated carbocycles. The van der Waals surface area contributed by atoms with Gasteiger partial charge in [-0.05, 0) is 25.9 Å². The first-order valence-corrected chi connectivity index (χ1v) is 3.63. The molecule has 1 rings (SSSR count). The maximum absolute atomic E-state index is 10.3. The number of hydrogen-bond acceptors (Lipinski definition) is 3. The molecule has 5 nitrogen and oxygen atoms in total. The van der Waals surface area contributed by atoms with Gasteiger partial charge in [0.2, 0.25) is 0 Å². The lowest BCUT2D eigenvalue weighted by atomic mass is 10.1. The zero-order valence-electron chi connectivity index (χ0n) is 6.16. The third-order valence-electron chi connectivity index (χ3n) is 1.85. The maximum atomic E-state index is 10.3. The van der Waals surface area contributed by atoms with Gasteiger partial charge in [0.25, 0.3) is 0 Å². The molecule has 5 heteroatoms. The minimum Gasteiger partial charge on any atom is -0.463 e. The summed E-state index contributed by atoms with van der Waals surface area (Å²) in [5.41, 5.74) is 0. The van der Waals surface area contributed by atoms with Gasteiger partial charge < -0.3 is 10.4 Å². The maximum Gasteiger partial charge on any atom is 0.431 e. The Kier molecular flexibility index (Phi) is 2.67. The van der Waals surface area contributed by atoms with Crippen molar-refractivity contribution in [2.45, 2.75) is 18.9 Å². The Bertz CT molecular complexity index is 145. The van der Waals surface area contributed by atoms with E-state index in [0.717, 1.165) is 13.1 Å². The Labute approximate surface area is 64.6 Å². The fourth-order valence-corrected chi connectivity index (χ4v) is 1.21. The molecule has 1 fully saturated rings. The van der Waals surface area contributed by atoms with Crippen LogP contribution in [0.1, 0.15) is 12.8 Å². The molecule has 0 aromatic heterocycles. The summed E-state index contributed by atoms with van der Waals surface area (Å²) in [6.45, 7) is 1.55. The molecule has 1 heterocycles. The van der Waals surface area contributed by atoms with Crippen molar-refractivity contribution < 1.29 is 15.1 Å². The fourth-order valence-electron chi connectivity index (χ4n) is 1.21. The summed E-state index contributed by atoms with van der Waals surface area (Å²) in [6.07, 6.45) is 0.0999. The predicted octanol–water partition coefficient (Wildman–Crippen LogP) is 0.108. The average Bonchev–Trinajstić information content (AvgIpc) is 2.05. The van der Waals surface area contributed by atoms with Gasteiger partial charge in [-0.3, -0.25) is 5.21 Å². The second kappa shape index (κ2) is 3.54. The van der Waals surface area contributed by atoms with Gasteiger partial charge in [0.05, 0.1) is 6.04 Å². The van der Waals surface area contributed by atoms with Gasteiger partial charge in [0.15, 0.2) is 0 Å². The van der Waals surface area contributed by atoms with Crippen LogP contribution in [0.3, 0.4) is 0 Å². The lowest BCUT2D eigenvalue weighted by molar-refractivity contribution is -0.102. The van der Waals surface area contributed by atoms with E-state index in [1.807, 2.05) is 0 Å². The van der Waals surface area contributed by atoms with Crippen molar-refractivity contribution in [2.24, 2.45) is 0 Å². The highest BCUT2D eigenvalue weighted by atomic mass is 16.6. The molecule has 1 aliphatic rings. The Morgan fingerprint density at radius 2 is 2.00 bits per heavy atom. The first-order valence-electron chi connectivity index (χ1n) is 3.63. The first kappa shape index (κ1) is 8.29. The van der Waals surface area contributed by atoms with Crippen molar-refractivity contribution in [1.82, 2.24) is 10.4 Å². The highest BCUT2D eigenvalue weighted by Gasteiger charge is 2.22. The summed E-state index contributed by atoms with van der Waals surface area (Å²) >= 11 is 0. The highest BCUT2D eigenvalue weighted by molar-refractivity contribution is 5.63. The number of amides is 1. The standard InChI is InChI=1S/C6H12N2O3/c9-6(10)8(11)5-1-3-7-4-2-5/h5,7,11H,1-4H2,(H,9,10). The quantitative estimate of drug-likeness (QED) is 0.376. The molecule has 0 atom stereocenters. The van der Waals surface area contributed by atoms with Crippen LogP contribution in [0.2, 0.25) is 0 Å². The van der Waals surface area contributed by atoms with Crippen LogP contribution in [0.4, 0.5) is 4.79 Å². The molecule has 0 aromatic rings. The van der Waals surface area contributed by atoms with Crippen LogP contribution in [0.25, 0.3) is 0 Å². The van der Waals surface area contributed by atoms with E-state index in [1.165, 1.54) is 0 Å². The summed E-state index contributed by atoms with van der Waals surface area (Å²) in [7, 11) is 0. The third-order valence-corrected chi connectivity index (χ3v) is 1.85. The zero-order valence-corrected chi connectivity index (χ0v) is 6.16. The molecule has 0 aromatic carbocycles. The van der Waals surface area contributed by atoms with Crippen molar-refractivity contribution in [2.75, 3.05) is 13.1 Å². The molecular formula is C6H12N2O3. The smallest absolute Gasteiger partial charge is 0.431 e. The zero-order chi connectivity index (χ0) is 8.27. The van der Waals surface area contributed by atoms with Crippen molar-refractivity contribution in [3.63, 3.8) is 0 Å². The van der Waals surface area contributed by atoms with Crippen LogP contribution in [0, 0.1) is 0 Å². The molecule has 64 valence electrons. The fraction of sp³-hybridized carbons (Fsp3) is 0.833. The van der Waals surface area contributed by atoms with E-state index in [0.29, 0.717) is 17.9 Å². The van der Waals surface area contributed by atoms with Gasteiger partial charge in [0.1, 0.15) is 0 Å². The molecule has 3 N–H and O–H groups in total. The van der Waals surface area contributed by atoms with E-state index in [1.54, 1.807) is 0 Å². The van der Waals surface area contributed by atoms with Gasteiger partial charge in [-0.2, -0.15) is 5.06 Å². The average molecular weight is 160 g/mol. The Hall–Kier alpha value is -0.810. The van der Waals surface area contributed by atoms with Gasteiger partial charge in [-0.1, -0.05) is 0 Å². The number of carboxylic acid groups (broad SMARTS) is 1. The first-order chi connectivity index (χ1) is 5.22. The van der Waals surface area contributed by atoms with E-state index in [-0.39, 0.29) is 6.04 Å². The summed E-state index contributed by atoms with van der Waals surface area (Å²) in [5, 5.41) is 20.8. The normalized spacial score (nSPS) is 19.7. The number of nitrogens with zero attached hydrogens (tertiary/aromatic N) is 1. The number of carbonyl (C=O) groups is 1. The Balaban J connectivity index is 2.38. The van der Waals surface area contributed by atoms with E-state index in [2.05, 4.69) is 5.32 Å². The van der Waals surface area contributed by atoms with Crippen LogP contribution < -0.4 is 5.32 Å². The summed E-state index contributed by atoms with van der Waals surface area (Å²) in [6, 6.07) is -0.228. The van der Waals surface area contributed by atoms with Gasteiger partial charge >= 0.3 is 6.09 Å². The molecule has 0 spiro atoms. The summed E-state index contributed by atoms with van der Waals surface area (Å²) in [5.74, 6) is 0. The van der Waals surface area contributed by atoms with Crippen molar-refractivity contribution >= 4 is 6.09 Å². The van der Waals surface area contributed by atoms with Gasteiger partial charge in [-0.25, -0.2) is 4.79 Å². The number of rotatable bonds is 1. The van der Waals surface area contributed by atoms with Gasteiger partial charge in [0, 0.05) is 0 Å². The SMILES string of the molecule is O=C(O)N(O)C1CCNCC1. The second-order valence-electron chi connectivity index (χ2n) is 2.61. The molecule has 1 amide bonds. The lowest BCUT2D eigenvalue weighted by Gasteiger charge is -2.27. The Morgan fingerprint density at radius 3 is 2.45 bits per heavy atom. The molecule has 0 bridgehead atoms. The largest absolute Gasteiger partial charge is 0.463 e. The molecule has 1 saturated heterocycles.